The van der Waals surface area contributed by atoms with E-state index >= 15 is 0 Å². The minimum atomic E-state index is -3.83. The summed E-state index contributed by atoms with van der Waals surface area (Å²) in [6.07, 6.45) is 2.89. The zero-order valence-corrected chi connectivity index (χ0v) is 27.2. The second-order valence-electron chi connectivity index (χ2n) is 10.7. The molecule has 0 saturated carbocycles. The minimum Gasteiger partial charge on any atom is -0.478 e. The number of likely N-dealkylation sites (N-methyl/N-ethyl adjacent to an activating group) is 1. The Morgan fingerprint density at radius 1 is 1.09 bits per heavy atom. The van der Waals surface area contributed by atoms with Crippen LogP contribution in [0.3, 0.4) is 0 Å². The van der Waals surface area contributed by atoms with E-state index in [9.17, 15) is 18.0 Å². The molecule has 0 spiro atoms. The van der Waals surface area contributed by atoms with Crippen LogP contribution in [0, 0.1) is 6.92 Å². The average molecular weight is 671 g/mol. The predicted molar refractivity (Wildman–Crippen MR) is 175 cm³/mol. The van der Waals surface area contributed by atoms with Gasteiger partial charge >= 0.3 is 0 Å². The fourth-order valence-corrected chi connectivity index (χ4v) is 5.97. The van der Waals surface area contributed by atoms with Gasteiger partial charge in [-0.2, -0.15) is 13.4 Å². The van der Waals surface area contributed by atoms with Crippen molar-refractivity contribution in [1.29, 1.82) is 0 Å². The summed E-state index contributed by atoms with van der Waals surface area (Å²) in [4.78, 5) is 35.5. The number of carbonyl (C=O) groups is 1. The summed E-state index contributed by atoms with van der Waals surface area (Å²) in [7, 11) is -0.704. The third-order valence-electron chi connectivity index (χ3n) is 7.53. The maximum atomic E-state index is 12.7. The number of halogens is 1. The normalized spacial score (nSPS) is 14.0. The van der Waals surface area contributed by atoms with Crippen molar-refractivity contribution >= 4 is 56.0 Å². The summed E-state index contributed by atoms with van der Waals surface area (Å²) >= 11 is 6.45. The van der Waals surface area contributed by atoms with E-state index in [1.807, 2.05) is 24.0 Å². The summed E-state index contributed by atoms with van der Waals surface area (Å²) in [6, 6.07) is 13.5. The Hall–Kier alpha value is -4.24. The second kappa shape index (κ2) is 14.5. The summed E-state index contributed by atoms with van der Waals surface area (Å²) < 4.78 is 42.7. The van der Waals surface area contributed by atoms with Crippen molar-refractivity contribution in [1.82, 2.24) is 19.9 Å². The summed E-state index contributed by atoms with van der Waals surface area (Å²) in [6.45, 7) is 2.97. The fraction of sp³-hybridized carbons (Fsp3) is 0.355. The predicted octanol–water partition coefficient (Wildman–Crippen LogP) is 3.55. The molecule has 0 unspecified atom stereocenters. The molecule has 244 valence electrons. The van der Waals surface area contributed by atoms with E-state index in [-0.39, 0.29) is 48.0 Å². The van der Waals surface area contributed by atoms with Gasteiger partial charge in [-0.05, 0) is 56.2 Å². The number of rotatable bonds is 12. The van der Waals surface area contributed by atoms with Crippen molar-refractivity contribution < 1.29 is 26.9 Å². The lowest BCUT2D eigenvalue weighted by Gasteiger charge is -2.32. The number of fused-ring (bicyclic) bond motifs is 1. The molecule has 0 aliphatic carbocycles. The van der Waals surface area contributed by atoms with Gasteiger partial charge in [0.05, 0.1) is 35.9 Å². The van der Waals surface area contributed by atoms with Crippen molar-refractivity contribution in [2.45, 2.75) is 30.8 Å². The first-order valence-electron chi connectivity index (χ1n) is 14.6. The maximum absolute atomic E-state index is 12.7. The van der Waals surface area contributed by atoms with Crippen molar-refractivity contribution in [3.63, 3.8) is 0 Å². The van der Waals surface area contributed by atoms with Crippen molar-refractivity contribution in [2.24, 2.45) is 7.05 Å². The number of nitrogens with one attached hydrogen (secondary N) is 2. The molecular formula is C31H35ClN6O7S. The SMILES string of the molecule is CNC(=O)COc1cc2cc(Nc3nc(N4CCC(OCCOS(=O)(=O)c5ccc(C)cc5)CC4)ncc3Cl)ccc2n(C)c1=O. The molecule has 0 bridgehead atoms. The van der Waals surface area contributed by atoms with Gasteiger partial charge in [0.2, 0.25) is 5.95 Å². The van der Waals surface area contributed by atoms with Gasteiger partial charge in [-0.3, -0.25) is 13.8 Å². The first-order valence-corrected chi connectivity index (χ1v) is 16.4. The number of aryl methyl sites for hydroxylation is 2. The van der Waals surface area contributed by atoms with Crippen LogP contribution >= 0.6 is 11.6 Å². The molecule has 46 heavy (non-hydrogen) atoms. The number of anilines is 3. The molecule has 3 heterocycles. The maximum Gasteiger partial charge on any atom is 0.297 e. The van der Waals surface area contributed by atoms with E-state index in [1.165, 1.54) is 29.9 Å². The van der Waals surface area contributed by atoms with Crippen LogP contribution in [-0.2, 0) is 30.9 Å². The molecule has 0 radical (unpaired) electrons. The Morgan fingerprint density at radius 3 is 2.54 bits per heavy atom. The van der Waals surface area contributed by atoms with Crippen LogP contribution in [0.2, 0.25) is 5.02 Å². The number of piperidine rings is 1. The molecule has 13 nitrogen and oxygen atoms in total. The van der Waals surface area contributed by atoms with E-state index in [1.54, 1.807) is 31.3 Å². The Kier molecular flexibility index (Phi) is 10.4. The van der Waals surface area contributed by atoms with Crippen LogP contribution in [0.25, 0.3) is 10.9 Å². The first kappa shape index (κ1) is 33.1. The van der Waals surface area contributed by atoms with Crippen molar-refractivity contribution in [2.75, 3.05) is 50.2 Å². The van der Waals surface area contributed by atoms with Gasteiger partial charge in [0, 0.05) is 38.3 Å². The van der Waals surface area contributed by atoms with Crippen molar-refractivity contribution in [3.05, 3.63) is 75.7 Å². The average Bonchev–Trinajstić information content (AvgIpc) is 3.05. The molecule has 1 fully saturated rings. The molecule has 4 aromatic rings. The van der Waals surface area contributed by atoms with E-state index in [4.69, 9.17) is 25.3 Å². The van der Waals surface area contributed by atoms with E-state index in [2.05, 4.69) is 20.6 Å². The minimum absolute atomic E-state index is 0.0504. The largest absolute Gasteiger partial charge is 0.478 e. The monoisotopic (exact) mass is 670 g/mol. The quantitative estimate of drug-likeness (QED) is 0.168. The Bertz CT molecular complexity index is 1880. The molecule has 1 aliphatic rings. The third-order valence-corrected chi connectivity index (χ3v) is 9.14. The van der Waals surface area contributed by atoms with Gasteiger partial charge in [0.25, 0.3) is 21.6 Å². The standard InChI is InChI=1S/C31H35ClN6O7S/c1-20-4-7-24(8-5-20)46(41,42)45-15-14-43-23-10-12-38(13-11-23)31-34-18-25(32)29(36-31)35-22-6-9-26-21(16-22)17-27(30(40)37(26)3)44-19-28(39)33-2/h4-9,16-18,23H,10-15,19H2,1-3H3,(H,33,39)(H,34,35,36). The first-order chi connectivity index (χ1) is 22.0. The third kappa shape index (κ3) is 7.94. The zero-order valence-electron chi connectivity index (χ0n) is 25.7. The van der Waals surface area contributed by atoms with Gasteiger partial charge in [0.1, 0.15) is 5.02 Å². The molecule has 0 atom stereocenters. The van der Waals surface area contributed by atoms with E-state index in [0.29, 0.717) is 59.3 Å². The lowest BCUT2D eigenvalue weighted by Crippen LogP contribution is -2.38. The highest BCUT2D eigenvalue weighted by molar-refractivity contribution is 7.86. The van der Waals surface area contributed by atoms with Crippen LogP contribution in [0.4, 0.5) is 17.5 Å². The Morgan fingerprint density at radius 2 is 1.83 bits per heavy atom. The molecule has 5 rings (SSSR count). The van der Waals surface area contributed by atoms with Gasteiger partial charge in [0.15, 0.2) is 18.2 Å². The number of ether oxygens (including phenoxy) is 2. The highest BCUT2D eigenvalue weighted by Gasteiger charge is 2.23. The lowest BCUT2D eigenvalue weighted by atomic mass is 10.1. The highest BCUT2D eigenvalue weighted by Crippen LogP contribution is 2.28. The van der Waals surface area contributed by atoms with Gasteiger partial charge in [-0.15, -0.1) is 0 Å². The second-order valence-corrected chi connectivity index (χ2v) is 12.8. The van der Waals surface area contributed by atoms with E-state index < -0.39 is 10.1 Å². The lowest BCUT2D eigenvalue weighted by molar-refractivity contribution is -0.122. The van der Waals surface area contributed by atoms with Crippen molar-refractivity contribution in [3.8, 4) is 5.75 Å². The number of nitrogens with zero attached hydrogens (tertiary/aromatic N) is 4. The van der Waals surface area contributed by atoms with Crippen LogP contribution in [0.1, 0.15) is 18.4 Å². The number of carbonyl (C=O) groups excluding carboxylic acids is 1. The van der Waals surface area contributed by atoms with Gasteiger partial charge in [-0.1, -0.05) is 29.3 Å². The van der Waals surface area contributed by atoms with Crippen LogP contribution < -0.4 is 25.8 Å². The van der Waals surface area contributed by atoms with E-state index in [0.717, 1.165) is 5.56 Å². The number of aromatic nitrogens is 3. The molecule has 2 aromatic heterocycles. The molecule has 1 amide bonds. The summed E-state index contributed by atoms with van der Waals surface area (Å²) in [5.41, 5.74) is 1.97. The summed E-state index contributed by atoms with van der Waals surface area (Å²) in [5, 5.41) is 6.74. The zero-order chi connectivity index (χ0) is 32.8. The molecule has 2 aromatic carbocycles. The topological polar surface area (TPSA) is 154 Å². The molecule has 15 heteroatoms. The number of amides is 1. The molecule has 1 saturated heterocycles. The number of hydrogen-bond acceptors (Lipinski definition) is 11. The Balaban J connectivity index is 1.17. The fourth-order valence-electron chi connectivity index (χ4n) is 4.94. The molecule has 1 aliphatic heterocycles. The van der Waals surface area contributed by atoms with Gasteiger partial charge < -0.3 is 29.6 Å². The molecule has 2 N–H and O–H groups in total. The number of pyridine rings is 1. The van der Waals surface area contributed by atoms with Gasteiger partial charge in [-0.25, -0.2) is 4.98 Å². The Labute approximate surface area is 271 Å². The molecular weight excluding hydrogens is 636 g/mol. The smallest absolute Gasteiger partial charge is 0.297 e. The number of hydrogen-bond donors (Lipinski definition) is 2. The summed E-state index contributed by atoms with van der Waals surface area (Å²) in [5.74, 6) is 0.633. The van der Waals surface area contributed by atoms with Crippen LogP contribution in [0.15, 0.2) is 64.4 Å². The highest BCUT2D eigenvalue weighted by atomic mass is 35.5. The van der Waals surface area contributed by atoms with Crippen LogP contribution in [-0.4, -0.2) is 74.9 Å². The van der Waals surface area contributed by atoms with Crippen LogP contribution in [0.5, 0.6) is 5.75 Å². The number of benzene rings is 2.